The first-order chi connectivity index (χ1) is 8.27. The van der Waals surface area contributed by atoms with E-state index in [0.717, 1.165) is 16.8 Å². The molecule has 1 heterocycles. The van der Waals surface area contributed by atoms with Crippen molar-refractivity contribution in [3.05, 3.63) is 42.2 Å². The molecular formula is C12H15BN2O2. The minimum atomic E-state index is -0.405. The summed E-state index contributed by atoms with van der Waals surface area (Å²) in [5.74, 6) is 0. The SMILES string of the molecule is Bc1cnn(-c2ccccc2)c1C(OC)OC. The third kappa shape index (κ3) is 2.25. The van der Waals surface area contributed by atoms with Gasteiger partial charge in [0.25, 0.3) is 0 Å². The monoisotopic (exact) mass is 230 g/mol. The quantitative estimate of drug-likeness (QED) is 0.564. The van der Waals surface area contributed by atoms with Gasteiger partial charge in [0, 0.05) is 20.4 Å². The van der Waals surface area contributed by atoms with Gasteiger partial charge in [0.05, 0.1) is 11.4 Å². The van der Waals surface area contributed by atoms with Crippen molar-refractivity contribution in [2.75, 3.05) is 14.2 Å². The van der Waals surface area contributed by atoms with Crippen LogP contribution in [-0.2, 0) is 9.47 Å². The van der Waals surface area contributed by atoms with E-state index in [2.05, 4.69) is 5.10 Å². The lowest BCUT2D eigenvalue weighted by molar-refractivity contribution is -0.109. The van der Waals surface area contributed by atoms with E-state index in [1.807, 2.05) is 49.1 Å². The number of hydrogen-bond donors (Lipinski definition) is 0. The van der Waals surface area contributed by atoms with Gasteiger partial charge in [0.15, 0.2) is 6.29 Å². The molecule has 17 heavy (non-hydrogen) atoms. The maximum Gasteiger partial charge on any atom is 0.200 e. The predicted molar refractivity (Wildman–Crippen MR) is 68.5 cm³/mol. The van der Waals surface area contributed by atoms with E-state index < -0.39 is 6.29 Å². The lowest BCUT2D eigenvalue weighted by atomic mass is 9.96. The predicted octanol–water partition coefficient (Wildman–Crippen LogP) is 0.422. The Hall–Kier alpha value is -1.59. The number of ether oxygens (including phenoxy) is 2. The lowest BCUT2D eigenvalue weighted by Crippen LogP contribution is -2.19. The first kappa shape index (κ1) is 11.9. The van der Waals surface area contributed by atoms with Gasteiger partial charge in [0.2, 0.25) is 0 Å². The van der Waals surface area contributed by atoms with E-state index >= 15 is 0 Å². The Balaban J connectivity index is 2.49. The molecule has 2 rings (SSSR count). The number of nitrogens with zero attached hydrogens (tertiary/aromatic N) is 2. The molecule has 0 fully saturated rings. The average molecular weight is 230 g/mol. The molecule has 0 amide bonds. The van der Waals surface area contributed by atoms with Crippen LogP contribution in [0.2, 0.25) is 0 Å². The minimum Gasteiger partial charge on any atom is -0.350 e. The standard InChI is InChI=1S/C12H15BN2O2/c1-16-12(17-2)11-10(13)8-14-15(11)9-6-4-3-5-7-9/h3-8,12H,13H2,1-2H3. The van der Waals surface area contributed by atoms with Crippen LogP contribution in [0.4, 0.5) is 0 Å². The number of hydrogen-bond acceptors (Lipinski definition) is 3. The molecule has 2 aromatic rings. The van der Waals surface area contributed by atoms with E-state index in [1.54, 1.807) is 14.2 Å². The van der Waals surface area contributed by atoms with Gasteiger partial charge >= 0.3 is 0 Å². The molecule has 5 heteroatoms. The molecule has 0 bridgehead atoms. The first-order valence-electron chi connectivity index (χ1n) is 5.43. The fourth-order valence-electron chi connectivity index (χ4n) is 1.82. The first-order valence-corrected chi connectivity index (χ1v) is 5.43. The summed E-state index contributed by atoms with van der Waals surface area (Å²) in [5.41, 5.74) is 2.96. The van der Waals surface area contributed by atoms with Crippen molar-refractivity contribution < 1.29 is 9.47 Å². The normalized spacial score (nSPS) is 11.0. The minimum absolute atomic E-state index is 0.405. The van der Waals surface area contributed by atoms with Crippen LogP contribution >= 0.6 is 0 Å². The Labute approximate surface area is 102 Å². The van der Waals surface area contributed by atoms with Gasteiger partial charge in [-0.2, -0.15) is 5.10 Å². The van der Waals surface area contributed by atoms with E-state index in [4.69, 9.17) is 9.47 Å². The van der Waals surface area contributed by atoms with Gasteiger partial charge in [-0.1, -0.05) is 18.2 Å². The average Bonchev–Trinajstić information content (AvgIpc) is 2.75. The number of para-hydroxylation sites is 1. The molecule has 0 aliphatic heterocycles. The molecule has 0 spiro atoms. The Morgan fingerprint density at radius 2 is 1.82 bits per heavy atom. The zero-order valence-electron chi connectivity index (χ0n) is 10.3. The Kier molecular flexibility index (Phi) is 3.61. The molecule has 0 radical (unpaired) electrons. The highest BCUT2D eigenvalue weighted by Gasteiger charge is 2.18. The molecule has 1 aromatic heterocycles. The highest BCUT2D eigenvalue weighted by atomic mass is 16.7. The van der Waals surface area contributed by atoms with Crippen molar-refractivity contribution in [2.24, 2.45) is 0 Å². The second-order valence-electron chi connectivity index (χ2n) is 3.76. The molecule has 0 unspecified atom stereocenters. The van der Waals surface area contributed by atoms with Gasteiger partial charge in [-0.15, -0.1) is 0 Å². The van der Waals surface area contributed by atoms with Gasteiger partial charge in [-0.05, 0) is 17.6 Å². The molecule has 0 atom stereocenters. The summed E-state index contributed by atoms with van der Waals surface area (Å²) >= 11 is 0. The summed E-state index contributed by atoms with van der Waals surface area (Å²) in [5, 5.41) is 4.36. The molecule has 0 N–H and O–H groups in total. The van der Waals surface area contributed by atoms with Gasteiger partial charge in [-0.3, -0.25) is 0 Å². The second kappa shape index (κ2) is 5.16. The summed E-state index contributed by atoms with van der Waals surface area (Å²) < 4.78 is 12.4. The molecular weight excluding hydrogens is 215 g/mol. The third-order valence-electron chi connectivity index (χ3n) is 2.65. The van der Waals surface area contributed by atoms with Crippen molar-refractivity contribution in [3.8, 4) is 5.69 Å². The Bertz CT molecular complexity index is 481. The molecule has 0 saturated carbocycles. The van der Waals surface area contributed by atoms with Gasteiger partial charge in [0.1, 0.15) is 7.85 Å². The van der Waals surface area contributed by atoms with Crippen LogP contribution < -0.4 is 5.46 Å². The van der Waals surface area contributed by atoms with Crippen molar-refractivity contribution in [3.63, 3.8) is 0 Å². The Morgan fingerprint density at radius 3 is 2.41 bits per heavy atom. The van der Waals surface area contributed by atoms with Crippen molar-refractivity contribution in [1.82, 2.24) is 9.78 Å². The van der Waals surface area contributed by atoms with Crippen LogP contribution in [-0.4, -0.2) is 31.8 Å². The number of aromatic nitrogens is 2. The maximum atomic E-state index is 5.30. The zero-order chi connectivity index (χ0) is 12.3. The molecule has 0 aliphatic carbocycles. The maximum absolute atomic E-state index is 5.30. The van der Waals surface area contributed by atoms with Crippen LogP contribution in [0.5, 0.6) is 0 Å². The largest absolute Gasteiger partial charge is 0.350 e. The van der Waals surface area contributed by atoms with E-state index in [0.29, 0.717) is 0 Å². The summed E-state index contributed by atoms with van der Waals surface area (Å²) in [6.45, 7) is 0. The van der Waals surface area contributed by atoms with Crippen LogP contribution in [0.3, 0.4) is 0 Å². The van der Waals surface area contributed by atoms with Crippen LogP contribution in [0.25, 0.3) is 5.69 Å². The fraction of sp³-hybridized carbons (Fsp3) is 0.250. The topological polar surface area (TPSA) is 36.3 Å². The second-order valence-corrected chi connectivity index (χ2v) is 3.76. The summed E-state index contributed by atoms with van der Waals surface area (Å²) in [6.07, 6.45) is 1.41. The van der Waals surface area contributed by atoms with E-state index in [1.165, 1.54) is 0 Å². The summed E-state index contributed by atoms with van der Waals surface area (Å²) in [4.78, 5) is 0. The molecule has 0 aliphatic rings. The molecule has 88 valence electrons. The molecule has 1 aromatic carbocycles. The highest BCUT2D eigenvalue weighted by Crippen LogP contribution is 2.18. The van der Waals surface area contributed by atoms with Crippen molar-refractivity contribution in [2.45, 2.75) is 6.29 Å². The van der Waals surface area contributed by atoms with Crippen LogP contribution in [0.15, 0.2) is 36.5 Å². The van der Waals surface area contributed by atoms with Crippen LogP contribution in [0.1, 0.15) is 12.0 Å². The fourth-order valence-corrected chi connectivity index (χ4v) is 1.82. The summed E-state index contributed by atoms with van der Waals surface area (Å²) in [6, 6.07) is 9.93. The smallest absolute Gasteiger partial charge is 0.200 e. The van der Waals surface area contributed by atoms with E-state index in [9.17, 15) is 0 Å². The van der Waals surface area contributed by atoms with Gasteiger partial charge in [-0.25, -0.2) is 4.68 Å². The molecule has 4 nitrogen and oxygen atoms in total. The zero-order valence-corrected chi connectivity index (χ0v) is 10.3. The number of methoxy groups -OCH3 is 2. The molecule has 0 saturated heterocycles. The Morgan fingerprint density at radius 1 is 1.18 bits per heavy atom. The van der Waals surface area contributed by atoms with Crippen molar-refractivity contribution >= 4 is 13.3 Å². The van der Waals surface area contributed by atoms with Gasteiger partial charge < -0.3 is 9.47 Å². The van der Waals surface area contributed by atoms with E-state index in [-0.39, 0.29) is 0 Å². The summed E-state index contributed by atoms with van der Waals surface area (Å²) in [7, 11) is 5.23. The van der Waals surface area contributed by atoms with Crippen molar-refractivity contribution in [1.29, 1.82) is 0 Å². The number of benzene rings is 1. The number of rotatable bonds is 4. The third-order valence-corrected chi connectivity index (χ3v) is 2.65. The highest BCUT2D eigenvalue weighted by molar-refractivity contribution is 6.33. The van der Waals surface area contributed by atoms with Crippen LogP contribution in [0, 0.1) is 0 Å². The lowest BCUT2D eigenvalue weighted by Gasteiger charge is -2.16.